The average molecular weight is 774 g/mol. The van der Waals surface area contributed by atoms with E-state index in [1.165, 1.54) is 0 Å². The molecule has 10 rings (SSSR count). The Morgan fingerprint density at radius 2 is 1.02 bits per heavy atom. The molecule has 0 bridgehead atoms. The molecule has 10 aromatic rings. The standard InChI is InChI=1S/C55H39N3O2/c1-3-5-15-36(4-2)45-32-39(37-22-26-51-47(30-37)49-34-43(59)24-28-53(49)57(51)41-18-11-7-12-19-41)33-46(55(45)56-40-16-9-6-10-17-40)38-23-27-52-48(31-38)50-35-44(60)25-29-54(50)58(52)42-20-13-8-14-21-42/h2-3,5-35,56,59-60H,1H3/b5-3-,36-15+. The zero-order chi connectivity index (χ0) is 40.7. The number of aromatic hydroxyl groups is 2. The molecule has 0 fully saturated rings. The van der Waals surface area contributed by atoms with Crippen LogP contribution in [-0.4, -0.2) is 19.3 Å². The molecule has 0 spiro atoms. The molecular formula is C55H39N3O2. The van der Waals surface area contributed by atoms with Gasteiger partial charge in [-0.2, -0.15) is 0 Å². The average Bonchev–Trinajstić information content (AvgIpc) is 3.79. The molecule has 3 N–H and O–H groups in total. The number of phenolic OH excluding ortho intramolecular Hbond substituents is 2. The smallest absolute Gasteiger partial charge is 0.116 e. The van der Waals surface area contributed by atoms with E-state index in [9.17, 15) is 10.2 Å². The van der Waals surface area contributed by atoms with Crippen LogP contribution in [0.25, 0.3) is 82.8 Å². The van der Waals surface area contributed by atoms with Crippen LogP contribution in [0.15, 0.2) is 194 Å². The summed E-state index contributed by atoms with van der Waals surface area (Å²) >= 11 is 0. The van der Waals surface area contributed by atoms with Crippen molar-refractivity contribution in [3.8, 4) is 57.5 Å². The number of benzene rings is 8. The number of rotatable bonds is 8. The van der Waals surface area contributed by atoms with Crippen molar-refractivity contribution in [1.82, 2.24) is 9.13 Å². The maximum Gasteiger partial charge on any atom is 0.116 e. The molecule has 0 saturated carbocycles. The van der Waals surface area contributed by atoms with Gasteiger partial charge in [-0.3, -0.25) is 0 Å². The van der Waals surface area contributed by atoms with Gasteiger partial charge in [0.2, 0.25) is 0 Å². The van der Waals surface area contributed by atoms with Crippen molar-refractivity contribution >= 4 is 60.6 Å². The molecule has 0 radical (unpaired) electrons. The van der Waals surface area contributed by atoms with E-state index < -0.39 is 0 Å². The van der Waals surface area contributed by atoms with Gasteiger partial charge in [0.15, 0.2) is 0 Å². The first-order valence-electron chi connectivity index (χ1n) is 19.9. The summed E-state index contributed by atoms with van der Waals surface area (Å²) in [6, 6.07) is 59.4. The molecule has 8 aromatic carbocycles. The Morgan fingerprint density at radius 1 is 0.533 bits per heavy atom. The van der Waals surface area contributed by atoms with Crippen LogP contribution in [-0.2, 0) is 0 Å². The fraction of sp³-hybridized carbons (Fsp3) is 0.0182. The maximum atomic E-state index is 10.8. The third-order valence-electron chi connectivity index (χ3n) is 11.3. The molecule has 0 unspecified atom stereocenters. The summed E-state index contributed by atoms with van der Waals surface area (Å²) < 4.78 is 4.49. The normalized spacial score (nSPS) is 11.9. The van der Waals surface area contributed by atoms with Crippen LogP contribution < -0.4 is 5.32 Å². The number of fused-ring (bicyclic) bond motifs is 6. The summed E-state index contributed by atoms with van der Waals surface area (Å²) in [6.07, 6.45) is 12.3. The highest BCUT2D eigenvalue weighted by atomic mass is 16.3. The van der Waals surface area contributed by atoms with Gasteiger partial charge in [-0.05, 0) is 139 Å². The molecule has 0 aliphatic carbocycles. The quantitative estimate of drug-likeness (QED) is 0.106. The molecule has 0 aliphatic heterocycles. The highest BCUT2D eigenvalue weighted by molar-refractivity contribution is 6.13. The van der Waals surface area contributed by atoms with Crippen molar-refractivity contribution in [2.75, 3.05) is 5.32 Å². The molecule has 2 aromatic heterocycles. The minimum atomic E-state index is 0.209. The van der Waals surface area contributed by atoms with Crippen LogP contribution in [0.3, 0.4) is 0 Å². The number of para-hydroxylation sites is 3. The van der Waals surface area contributed by atoms with Crippen LogP contribution in [0.4, 0.5) is 11.4 Å². The first-order chi connectivity index (χ1) is 29.5. The van der Waals surface area contributed by atoms with Gasteiger partial charge >= 0.3 is 0 Å². The second-order valence-corrected chi connectivity index (χ2v) is 14.9. The predicted octanol–water partition coefficient (Wildman–Crippen LogP) is 14.0. The van der Waals surface area contributed by atoms with E-state index in [1.807, 2.05) is 104 Å². The van der Waals surface area contributed by atoms with Gasteiger partial charge in [-0.1, -0.05) is 84.8 Å². The number of allylic oxidation sites excluding steroid dienone is 4. The lowest BCUT2D eigenvalue weighted by molar-refractivity contribution is 0.475. The van der Waals surface area contributed by atoms with Crippen molar-refractivity contribution in [3.63, 3.8) is 0 Å². The molecule has 286 valence electrons. The minimum Gasteiger partial charge on any atom is -0.508 e. The molecular weight excluding hydrogens is 735 g/mol. The number of terminal acetylenes is 1. The summed E-state index contributed by atoms with van der Waals surface area (Å²) in [6.45, 7) is 1.98. The lowest BCUT2D eigenvalue weighted by Gasteiger charge is -2.20. The molecule has 2 heterocycles. The molecule has 5 nitrogen and oxygen atoms in total. The molecule has 0 amide bonds. The van der Waals surface area contributed by atoms with Crippen molar-refractivity contribution in [2.24, 2.45) is 0 Å². The van der Waals surface area contributed by atoms with Crippen molar-refractivity contribution in [3.05, 3.63) is 200 Å². The number of aromatic nitrogens is 2. The minimum absolute atomic E-state index is 0.209. The first-order valence-corrected chi connectivity index (χ1v) is 19.9. The van der Waals surface area contributed by atoms with Crippen molar-refractivity contribution in [2.45, 2.75) is 6.92 Å². The lowest BCUT2D eigenvalue weighted by Crippen LogP contribution is -2.00. The number of nitrogens with zero attached hydrogens (tertiary/aromatic N) is 2. The number of anilines is 2. The first kappa shape index (κ1) is 36.2. The van der Waals surface area contributed by atoms with Crippen LogP contribution >= 0.6 is 0 Å². The molecule has 5 heteroatoms. The van der Waals surface area contributed by atoms with Gasteiger partial charge in [0.05, 0.1) is 27.8 Å². The van der Waals surface area contributed by atoms with Crippen LogP contribution in [0.5, 0.6) is 11.5 Å². The number of hydrogen-bond donors (Lipinski definition) is 3. The predicted molar refractivity (Wildman–Crippen MR) is 251 cm³/mol. The largest absolute Gasteiger partial charge is 0.508 e. The summed E-state index contributed by atoms with van der Waals surface area (Å²) in [7, 11) is 0. The summed E-state index contributed by atoms with van der Waals surface area (Å²) in [5.74, 6) is 3.43. The third kappa shape index (κ3) is 6.25. The maximum absolute atomic E-state index is 10.8. The summed E-state index contributed by atoms with van der Waals surface area (Å²) in [4.78, 5) is 0. The van der Waals surface area contributed by atoms with E-state index in [0.717, 1.165) is 99.8 Å². The highest BCUT2D eigenvalue weighted by Gasteiger charge is 2.21. The Balaban J connectivity index is 1.26. The number of phenols is 2. The summed E-state index contributed by atoms with van der Waals surface area (Å²) in [5, 5.41) is 29.2. The molecule has 0 atom stereocenters. The zero-order valence-corrected chi connectivity index (χ0v) is 32.8. The molecule has 60 heavy (non-hydrogen) atoms. The molecule has 0 aliphatic rings. The van der Waals surface area contributed by atoms with Crippen molar-refractivity contribution in [1.29, 1.82) is 0 Å². The lowest BCUT2D eigenvalue weighted by atomic mass is 9.89. The summed E-state index contributed by atoms with van der Waals surface area (Å²) in [5.41, 5.74) is 13.5. The topological polar surface area (TPSA) is 62.4 Å². The van der Waals surface area contributed by atoms with Gasteiger partial charge in [0, 0.05) is 55.3 Å². The zero-order valence-electron chi connectivity index (χ0n) is 32.8. The van der Waals surface area contributed by atoms with Crippen LogP contribution in [0.1, 0.15) is 12.5 Å². The Hall–Kier alpha value is -8.20. The highest BCUT2D eigenvalue weighted by Crippen LogP contribution is 2.44. The van der Waals surface area contributed by atoms with Crippen LogP contribution in [0, 0.1) is 12.3 Å². The van der Waals surface area contributed by atoms with Gasteiger partial charge < -0.3 is 24.7 Å². The Morgan fingerprint density at radius 3 is 1.55 bits per heavy atom. The van der Waals surface area contributed by atoms with E-state index in [-0.39, 0.29) is 11.5 Å². The van der Waals surface area contributed by atoms with E-state index in [1.54, 1.807) is 12.1 Å². The number of nitrogens with one attached hydrogen (secondary N) is 1. The van der Waals surface area contributed by atoms with E-state index in [4.69, 9.17) is 6.42 Å². The second kappa shape index (κ2) is 14.9. The van der Waals surface area contributed by atoms with E-state index >= 15 is 0 Å². The fourth-order valence-corrected chi connectivity index (χ4v) is 8.54. The Labute approximate surface area is 348 Å². The Bertz CT molecular complexity index is 3370. The SMILES string of the molecule is C#C/C(=C\C=C/C)c1cc(-c2ccc3c(c2)c2cc(O)ccc2n3-c2ccccc2)cc(-c2ccc3c(c2)c2cc(O)ccc2n3-c2ccccc2)c1Nc1ccccc1. The van der Waals surface area contributed by atoms with Gasteiger partial charge in [0.25, 0.3) is 0 Å². The second-order valence-electron chi connectivity index (χ2n) is 14.9. The third-order valence-corrected chi connectivity index (χ3v) is 11.3. The van der Waals surface area contributed by atoms with Gasteiger partial charge in [0.1, 0.15) is 11.5 Å². The van der Waals surface area contributed by atoms with Crippen molar-refractivity contribution < 1.29 is 10.2 Å². The van der Waals surface area contributed by atoms with E-state index in [2.05, 4.69) is 105 Å². The fourth-order valence-electron chi connectivity index (χ4n) is 8.54. The van der Waals surface area contributed by atoms with Gasteiger partial charge in [-0.15, -0.1) is 6.42 Å². The number of hydrogen-bond acceptors (Lipinski definition) is 3. The molecule has 0 saturated heterocycles. The van der Waals surface area contributed by atoms with Gasteiger partial charge in [-0.25, -0.2) is 0 Å². The monoisotopic (exact) mass is 773 g/mol. The van der Waals surface area contributed by atoms with Crippen LogP contribution in [0.2, 0.25) is 0 Å². The Kier molecular flexibility index (Phi) is 9.01. The van der Waals surface area contributed by atoms with E-state index in [0.29, 0.717) is 0 Å².